The minimum absolute atomic E-state index is 0. The fourth-order valence-electron chi connectivity index (χ4n) is 0.967. The first-order chi connectivity index (χ1) is 4.22. The summed E-state index contributed by atoms with van der Waals surface area (Å²) in [5, 5.41) is 3.60. The molecule has 1 heterocycles. The zero-order valence-corrected chi connectivity index (χ0v) is 7.93. The van der Waals surface area contributed by atoms with Crippen molar-refractivity contribution >= 4 is 23.2 Å². The van der Waals surface area contributed by atoms with E-state index in [0.717, 1.165) is 12.3 Å². The highest BCUT2D eigenvalue weighted by atomic mass is 35.5. The van der Waals surface area contributed by atoms with Crippen molar-refractivity contribution in [3.8, 4) is 0 Å². The number of hydrogen-bond donors (Lipinski definition) is 1. The van der Waals surface area contributed by atoms with Crippen LogP contribution in [0.4, 0.5) is 0 Å². The number of halogens is 1. The van der Waals surface area contributed by atoms with Crippen molar-refractivity contribution in [3.63, 3.8) is 0 Å². The Hall–Kier alpha value is 0.400. The normalized spacial score (nSPS) is 40.4. The fourth-order valence-corrected chi connectivity index (χ4v) is 2.21. The molecule has 0 aromatic rings. The molecule has 3 unspecified atom stereocenters. The summed E-state index contributed by atoms with van der Waals surface area (Å²) in [4.78, 5) is 0. The quantitative estimate of drug-likeness (QED) is 0.594. The van der Waals surface area contributed by atoms with E-state index in [-0.39, 0.29) is 12.4 Å². The molecule has 1 N–H and O–H groups in total. The molecule has 10 heavy (non-hydrogen) atoms. The number of hydrogen-bond acceptors (Lipinski definition) is 2. The molecule has 0 bridgehead atoms. The van der Waals surface area contributed by atoms with Gasteiger partial charge in [0.1, 0.15) is 0 Å². The molecular weight excluding hydrogens is 170 g/mol. The van der Waals surface area contributed by atoms with Crippen LogP contribution < -0.4 is 5.32 Å². The molecule has 62 valence electrons. The van der Waals surface area contributed by atoms with E-state index < -0.39 is 10.8 Å². The summed E-state index contributed by atoms with van der Waals surface area (Å²) >= 11 is 0. The van der Waals surface area contributed by atoms with Gasteiger partial charge in [0.2, 0.25) is 0 Å². The Labute approximate surface area is 70.6 Å². The Kier molecular flexibility index (Phi) is 4.49. The molecular formula is C6H14ClNOS. The molecule has 0 radical (unpaired) electrons. The van der Waals surface area contributed by atoms with Gasteiger partial charge in [0.15, 0.2) is 0 Å². The first kappa shape index (κ1) is 10.4. The second kappa shape index (κ2) is 4.31. The second-order valence-electron chi connectivity index (χ2n) is 2.53. The molecule has 0 aliphatic carbocycles. The van der Waals surface area contributed by atoms with Crippen molar-refractivity contribution in [2.45, 2.75) is 25.1 Å². The lowest BCUT2D eigenvalue weighted by atomic mass is 10.2. The van der Waals surface area contributed by atoms with Gasteiger partial charge in [-0.25, -0.2) is 0 Å². The lowest BCUT2D eigenvalue weighted by molar-refractivity contribution is 0.528. The van der Waals surface area contributed by atoms with E-state index >= 15 is 0 Å². The van der Waals surface area contributed by atoms with Crippen LogP contribution in [0, 0.1) is 0 Å². The highest BCUT2D eigenvalue weighted by molar-refractivity contribution is 7.85. The molecule has 2 nitrogen and oxygen atoms in total. The first-order valence-corrected chi connectivity index (χ1v) is 4.70. The van der Waals surface area contributed by atoms with Crippen molar-refractivity contribution in [2.24, 2.45) is 0 Å². The highest BCUT2D eigenvalue weighted by Crippen LogP contribution is 2.05. The predicted octanol–water partition coefficient (Wildman–Crippen LogP) is 0.537. The third kappa shape index (κ3) is 2.22. The summed E-state index contributed by atoms with van der Waals surface area (Å²) in [6.45, 7) is 5.03. The van der Waals surface area contributed by atoms with E-state index in [2.05, 4.69) is 12.2 Å². The van der Waals surface area contributed by atoms with Crippen LogP contribution in [0.5, 0.6) is 0 Å². The van der Waals surface area contributed by atoms with Crippen molar-refractivity contribution in [1.29, 1.82) is 0 Å². The highest BCUT2D eigenvalue weighted by Gasteiger charge is 2.22. The number of nitrogens with one attached hydrogen (secondary N) is 1. The summed E-state index contributed by atoms with van der Waals surface area (Å²) in [7, 11) is -0.578. The van der Waals surface area contributed by atoms with Crippen LogP contribution in [0.3, 0.4) is 0 Å². The predicted molar refractivity (Wildman–Crippen MR) is 47.2 cm³/mol. The smallest absolute Gasteiger partial charge is 0.0470 e. The van der Waals surface area contributed by atoms with Crippen LogP contribution in [0.2, 0.25) is 0 Å². The Morgan fingerprint density at radius 3 is 2.50 bits per heavy atom. The van der Waals surface area contributed by atoms with Gasteiger partial charge in [0, 0.05) is 34.4 Å². The summed E-state index contributed by atoms with van der Waals surface area (Å²) < 4.78 is 11.1. The Morgan fingerprint density at radius 2 is 2.10 bits per heavy atom. The molecule has 1 rings (SSSR count). The molecule has 3 atom stereocenters. The van der Waals surface area contributed by atoms with Gasteiger partial charge < -0.3 is 5.32 Å². The maximum absolute atomic E-state index is 11.1. The topological polar surface area (TPSA) is 29.1 Å². The minimum atomic E-state index is -0.578. The Morgan fingerprint density at radius 1 is 1.50 bits per heavy atom. The molecule has 4 heteroatoms. The maximum Gasteiger partial charge on any atom is 0.0470 e. The van der Waals surface area contributed by atoms with Crippen molar-refractivity contribution < 1.29 is 4.21 Å². The largest absolute Gasteiger partial charge is 0.312 e. The van der Waals surface area contributed by atoms with E-state index in [9.17, 15) is 4.21 Å². The van der Waals surface area contributed by atoms with E-state index in [1.165, 1.54) is 0 Å². The minimum Gasteiger partial charge on any atom is -0.312 e. The monoisotopic (exact) mass is 183 g/mol. The third-order valence-electron chi connectivity index (χ3n) is 1.89. The fraction of sp³-hybridized carbons (Fsp3) is 1.00. The Balaban J connectivity index is 0.000000810. The average Bonchev–Trinajstić information content (AvgIpc) is 1.83. The second-order valence-corrected chi connectivity index (χ2v) is 4.45. The lowest BCUT2D eigenvalue weighted by Crippen LogP contribution is -2.46. The van der Waals surface area contributed by atoms with Crippen LogP contribution in [-0.2, 0) is 10.8 Å². The lowest BCUT2D eigenvalue weighted by Gasteiger charge is -2.25. The molecule has 1 fully saturated rings. The summed E-state index contributed by atoms with van der Waals surface area (Å²) in [6, 6.07) is 0.430. The molecule has 0 aromatic heterocycles. The van der Waals surface area contributed by atoms with Gasteiger partial charge in [-0.1, -0.05) is 0 Å². The zero-order valence-electron chi connectivity index (χ0n) is 6.29. The summed E-state index contributed by atoms with van der Waals surface area (Å²) in [6.07, 6.45) is 0. The van der Waals surface area contributed by atoms with Gasteiger partial charge in [-0.05, 0) is 13.8 Å². The number of rotatable bonds is 0. The van der Waals surface area contributed by atoms with Gasteiger partial charge in [-0.3, -0.25) is 4.21 Å². The molecule has 1 aliphatic rings. The average molecular weight is 184 g/mol. The summed E-state index contributed by atoms with van der Waals surface area (Å²) in [5.41, 5.74) is 0. The van der Waals surface area contributed by atoms with Gasteiger partial charge >= 0.3 is 0 Å². The zero-order chi connectivity index (χ0) is 6.85. The Bertz CT molecular complexity index is 131. The van der Waals surface area contributed by atoms with E-state index in [0.29, 0.717) is 11.3 Å². The van der Waals surface area contributed by atoms with E-state index in [1.807, 2.05) is 6.92 Å². The van der Waals surface area contributed by atoms with Crippen LogP contribution in [0.1, 0.15) is 13.8 Å². The third-order valence-corrected chi connectivity index (χ3v) is 3.73. The van der Waals surface area contributed by atoms with Crippen LogP contribution in [-0.4, -0.2) is 27.8 Å². The van der Waals surface area contributed by atoms with Gasteiger partial charge in [-0.2, -0.15) is 0 Å². The van der Waals surface area contributed by atoms with Crippen LogP contribution >= 0.6 is 12.4 Å². The standard InChI is InChI=1S/C6H13NOS.ClH/c1-5-6(2)9(8)4-3-7-5;/h5-7H,3-4H2,1-2H3;1H. The van der Waals surface area contributed by atoms with Crippen LogP contribution in [0.25, 0.3) is 0 Å². The summed E-state index contributed by atoms with van der Waals surface area (Å²) in [5.74, 6) is 0.825. The van der Waals surface area contributed by atoms with Gasteiger partial charge in [0.25, 0.3) is 0 Å². The van der Waals surface area contributed by atoms with Gasteiger partial charge in [-0.15, -0.1) is 12.4 Å². The molecule has 1 aliphatic heterocycles. The van der Waals surface area contributed by atoms with Crippen molar-refractivity contribution in [3.05, 3.63) is 0 Å². The molecule has 0 amide bonds. The molecule has 0 spiro atoms. The van der Waals surface area contributed by atoms with Gasteiger partial charge in [0.05, 0.1) is 0 Å². The van der Waals surface area contributed by atoms with Crippen molar-refractivity contribution in [2.75, 3.05) is 12.3 Å². The van der Waals surface area contributed by atoms with Crippen molar-refractivity contribution in [1.82, 2.24) is 5.32 Å². The molecule has 1 saturated heterocycles. The van der Waals surface area contributed by atoms with E-state index in [1.54, 1.807) is 0 Å². The molecule has 0 saturated carbocycles. The maximum atomic E-state index is 11.1. The SMILES string of the molecule is CC1NCCS(=O)C1C.Cl. The first-order valence-electron chi connectivity index (χ1n) is 3.32. The van der Waals surface area contributed by atoms with Crippen LogP contribution in [0.15, 0.2) is 0 Å². The molecule has 0 aromatic carbocycles. The van der Waals surface area contributed by atoms with E-state index in [4.69, 9.17) is 0 Å².